The van der Waals surface area contributed by atoms with Crippen LogP contribution in [0.3, 0.4) is 0 Å². The van der Waals surface area contributed by atoms with Gasteiger partial charge in [0.25, 0.3) is 0 Å². The van der Waals surface area contributed by atoms with Gasteiger partial charge in [-0.15, -0.1) is 0 Å². The summed E-state index contributed by atoms with van der Waals surface area (Å²) in [6, 6.07) is 0. The van der Waals surface area contributed by atoms with Crippen LogP contribution in [0.15, 0.2) is 0 Å². The summed E-state index contributed by atoms with van der Waals surface area (Å²) in [5, 5.41) is 9.22. The molecule has 0 aliphatic carbocycles. The maximum Gasteiger partial charge on any atom is 0.0701 e. The van der Waals surface area contributed by atoms with E-state index in [-0.39, 0.29) is 12.5 Å². The SMILES string of the molecule is OCC1COCCOCCOCCOCCOCCOC1. The van der Waals surface area contributed by atoms with Gasteiger partial charge in [-0.2, -0.15) is 0 Å². The normalized spacial score (nSPS) is 23.9. The van der Waals surface area contributed by atoms with Crippen molar-refractivity contribution in [2.75, 3.05) is 85.9 Å². The summed E-state index contributed by atoms with van der Waals surface area (Å²) in [5.74, 6) is -0.0150. The minimum atomic E-state index is -0.0150. The van der Waals surface area contributed by atoms with Gasteiger partial charge in [-0.25, -0.2) is 0 Å². The first kappa shape index (κ1) is 18.8. The molecule has 7 heteroatoms. The van der Waals surface area contributed by atoms with Crippen molar-refractivity contribution in [2.24, 2.45) is 5.92 Å². The van der Waals surface area contributed by atoms with Crippen LogP contribution in [0.2, 0.25) is 0 Å². The van der Waals surface area contributed by atoms with Crippen LogP contribution in [0.4, 0.5) is 0 Å². The molecule has 0 unspecified atom stereocenters. The second kappa shape index (κ2) is 14.6. The third-order valence-electron chi connectivity index (χ3n) is 2.83. The van der Waals surface area contributed by atoms with Crippen molar-refractivity contribution in [3.8, 4) is 0 Å². The average Bonchev–Trinajstić information content (AvgIpc) is 2.51. The van der Waals surface area contributed by atoms with E-state index in [0.717, 1.165) is 0 Å². The molecule has 0 amide bonds. The molecule has 0 aromatic heterocycles. The summed E-state index contributed by atoms with van der Waals surface area (Å²) in [6.07, 6.45) is 0. The fraction of sp³-hybridized carbons (Fsp3) is 1.00. The Morgan fingerprint density at radius 2 is 0.810 bits per heavy atom. The molecule has 7 nitrogen and oxygen atoms in total. The second-order valence-corrected chi connectivity index (χ2v) is 4.65. The molecule has 1 N–H and O–H groups in total. The number of hydrogen-bond donors (Lipinski definition) is 1. The zero-order valence-corrected chi connectivity index (χ0v) is 12.7. The van der Waals surface area contributed by atoms with E-state index in [1.165, 1.54) is 0 Å². The lowest BCUT2D eigenvalue weighted by atomic mass is 10.2. The van der Waals surface area contributed by atoms with Crippen LogP contribution in [-0.4, -0.2) is 91.0 Å². The van der Waals surface area contributed by atoms with Gasteiger partial charge in [0.1, 0.15) is 0 Å². The van der Waals surface area contributed by atoms with E-state index in [2.05, 4.69) is 0 Å². The van der Waals surface area contributed by atoms with Crippen LogP contribution in [0.1, 0.15) is 0 Å². The molecule has 1 heterocycles. The first-order valence-electron chi connectivity index (χ1n) is 7.51. The highest BCUT2D eigenvalue weighted by atomic mass is 16.6. The van der Waals surface area contributed by atoms with Crippen molar-refractivity contribution in [1.82, 2.24) is 0 Å². The first-order chi connectivity index (χ1) is 10.4. The third kappa shape index (κ3) is 12.0. The molecule has 0 saturated carbocycles. The van der Waals surface area contributed by atoms with E-state index in [9.17, 15) is 5.11 Å². The zero-order chi connectivity index (χ0) is 15.0. The summed E-state index contributed by atoms with van der Waals surface area (Å²) in [4.78, 5) is 0. The van der Waals surface area contributed by atoms with Crippen molar-refractivity contribution in [3.63, 3.8) is 0 Å². The predicted molar refractivity (Wildman–Crippen MR) is 75.5 cm³/mol. The van der Waals surface area contributed by atoms with Gasteiger partial charge in [0.05, 0.1) is 85.9 Å². The van der Waals surface area contributed by atoms with Gasteiger partial charge >= 0.3 is 0 Å². The smallest absolute Gasteiger partial charge is 0.0701 e. The van der Waals surface area contributed by atoms with Gasteiger partial charge in [0.15, 0.2) is 0 Å². The Bertz CT molecular complexity index is 195. The van der Waals surface area contributed by atoms with Crippen molar-refractivity contribution >= 4 is 0 Å². The summed E-state index contributed by atoms with van der Waals surface area (Å²) in [5.41, 5.74) is 0. The molecule has 21 heavy (non-hydrogen) atoms. The maximum atomic E-state index is 9.22. The van der Waals surface area contributed by atoms with Crippen LogP contribution in [-0.2, 0) is 28.4 Å². The van der Waals surface area contributed by atoms with Crippen molar-refractivity contribution in [3.05, 3.63) is 0 Å². The quantitative estimate of drug-likeness (QED) is 0.713. The number of hydrogen-bond acceptors (Lipinski definition) is 7. The molecule has 0 bridgehead atoms. The van der Waals surface area contributed by atoms with Crippen molar-refractivity contribution in [1.29, 1.82) is 0 Å². The molecular formula is C14H28O7. The Hall–Kier alpha value is -0.280. The van der Waals surface area contributed by atoms with Crippen LogP contribution >= 0.6 is 0 Å². The highest BCUT2D eigenvalue weighted by Gasteiger charge is 2.08. The summed E-state index contributed by atoms with van der Waals surface area (Å²) in [7, 11) is 0. The lowest BCUT2D eigenvalue weighted by molar-refractivity contribution is -0.0213. The molecule has 126 valence electrons. The number of aliphatic hydroxyl groups is 1. The van der Waals surface area contributed by atoms with Crippen molar-refractivity contribution < 1.29 is 33.5 Å². The van der Waals surface area contributed by atoms with Gasteiger partial charge in [-0.3, -0.25) is 0 Å². The predicted octanol–water partition coefficient (Wildman–Crippen LogP) is -0.292. The maximum absolute atomic E-state index is 9.22. The van der Waals surface area contributed by atoms with E-state index in [1.807, 2.05) is 0 Å². The Labute approximate surface area is 126 Å². The molecular weight excluding hydrogens is 280 g/mol. The number of aliphatic hydroxyl groups excluding tert-OH is 1. The van der Waals surface area contributed by atoms with E-state index in [4.69, 9.17) is 28.4 Å². The van der Waals surface area contributed by atoms with Gasteiger partial charge in [0.2, 0.25) is 0 Å². The van der Waals surface area contributed by atoms with E-state index in [0.29, 0.717) is 79.3 Å². The topological polar surface area (TPSA) is 75.6 Å². The largest absolute Gasteiger partial charge is 0.396 e. The summed E-state index contributed by atoms with van der Waals surface area (Å²) < 4.78 is 32.3. The van der Waals surface area contributed by atoms with Gasteiger partial charge in [0, 0.05) is 5.92 Å². The molecule has 1 aliphatic heterocycles. The molecule has 0 aromatic rings. The second-order valence-electron chi connectivity index (χ2n) is 4.65. The summed E-state index contributed by atoms with van der Waals surface area (Å²) >= 11 is 0. The highest BCUT2D eigenvalue weighted by molar-refractivity contribution is 4.54. The van der Waals surface area contributed by atoms with Crippen LogP contribution in [0.25, 0.3) is 0 Å². The van der Waals surface area contributed by atoms with Gasteiger partial charge in [-0.05, 0) is 0 Å². The molecule has 1 fully saturated rings. The van der Waals surface area contributed by atoms with Gasteiger partial charge < -0.3 is 33.5 Å². The third-order valence-corrected chi connectivity index (χ3v) is 2.83. The standard InChI is InChI=1S/C14H28O7/c15-11-14-12-20-9-7-18-5-3-16-1-2-17-4-6-19-8-10-21-13-14/h14-15H,1-13H2. The molecule has 0 radical (unpaired) electrons. The van der Waals surface area contributed by atoms with E-state index in [1.54, 1.807) is 0 Å². The molecule has 1 aliphatic rings. The Kier molecular flexibility index (Phi) is 13.1. The number of rotatable bonds is 1. The molecule has 0 atom stereocenters. The monoisotopic (exact) mass is 308 g/mol. The minimum absolute atomic E-state index is 0.0150. The molecule has 1 saturated heterocycles. The fourth-order valence-electron chi connectivity index (χ4n) is 1.65. The molecule has 1 rings (SSSR count). The minimum Gasteiger partial charge on any atom is -0.396 e. The van der Waals surface area contributed by atoms with Crippen LogP contribution < -0.4 is 0 Å². The van der Waals surface area contributed by atoms with Crippen LogP contribution in [0.5, 0.6) is 0 Å². The summed E-state index contributed by atoms with van der Waals surface area (Å²) in [6.45, 7) is 6.31. The number of ether oxygens (including phenoxy) is 6. The van der Waals surface area contributed by atoms with E-state index < -0.39 is 0 Å². The lowest BCUT2D eigenvalue weighted by Crippen LogP contribution is -2.22. The Balaban J connectivity index is 2.14. The molecule has 0 spiro atoms. The molecule has 0 aromatic carbocycles. The fourth-order valence-corrected chi connectivity index (χ4v) is 1.65. The van der Waals surface area contributed by atoms with E-state index >= 15 is 0 Å². The van der Waals surface area contributed by atoms with Crippen LogP contribution in [0, 0.1) is 5.92 Å². The van der Waals surface area contributed by atoms with Crippen molar-refractivity contribution in [2.45, 2.75) is 0 Å². The van der Waals surface area contributed by atoms with Gasteiger partial charge in [-0.1, -0.05) is 0 Å². The first-order valence-corrected chi connectivity index (χ1v) is 7.51. The average molecular weight is 308 g/mol. The Morgan fingerprint density at radius 1 is 0.524 bits per heavy atom. The lowest BCUT2D eigenvalue weighted by Gasteiger charge is -2.15. The Morgan fingerprint density at radius 3 is 1.10 bits per heavy atom. The highest BCUT2D eigenvalue weighted by Crippen LogP contribution is 1.98. The zero-order valence-electron chi connectivity index (χ0n) is 12.7.